The summed E-state index contributed by atoms with van der Waals surface area (Å²) in [6.45, 7) is 10.4. The molecule has 0 aliphatic carbocycles. The van der Waals surface area contributed by atoms with Gasteiger partial charge in [-0.3, -0.25) is 4.79 Å². The van der Waals surface area contributed by atoms with Crippen molar-refractivity contribution in [1.29, 1.82) is 0 Å². The van der Waals surface area contributed by atoms with Crippen LogP contribution in [0.4, 0.5) is 16.5 Å². The smallest absolute Gasteiger partial charge is 0.350 e. The standard InChI is InChI=1S/C20H24N4O3S/c1-5-10-27-18(26)17-13(2)21-19(28-17)22-16(25)11-24-12-20(3,4)23-14-8-6-7-9-15(14)24/h5-9,23H,1,10-12H2,2-4H3,(H,21,22,25). The normalized spacial score (nSPS) is 14.6. The highest BCUT2D eigenvalue weighted by Crippen LogP contribution is 2.34. The zero-order valence-corrected chi connectivity index (χ0v) is 17.1. The quantitative estimate of drug-likeness (QED) is 0.571. The predicted octanol–water partition coefficient (Wildman–Crippen LogP) is 3.44. The number of nitrogens with zero attached hydrogens (tertiary/aromatic N) is 2. The lowest BCUT2D eigenvalue weighted by Crippen LogP contribution is -2.50. The lowest BCUT2D eigenvalue weighted by molar-refractivity contribution is -0.115. The number of esters is 1. The molecule has 8 heteroatoms. The van der Waals surface area contributed by atoms with Crippen LogP contribution in [0, 0.1) is 6.92 Å². The number of ether oxygens (including phenoxy) is 1. The van der Waals surface area contributed by atoms with Gasteiger partial charge < -0.3 is 20.3 Å². The van der Waals surface area contributed by atoms with Gasteiger partial charge in [0.2, 0.25) is 5.91 Å². The Morgan fingerprint density at radius 3 is 2.93 bits per heavy atom. The van der Waals surface area contributed by atoms with Gasteiger partial charge in [-0.2, -0.15) is 0 Å². The van der Waals surface area contributed by atoms with E-state index < -0.39 is 5.97 Å². The van der Waals surface area contributed by atoms with E-state index in [1.54, 1.807) is 6.92 Å². The van der Waals surface area contributed by atoms with Gasteiger partial charge in [-0.25, -0.2) is 9.78 Å². The number of anilines is 3. The van der Waals surface area contributed by atoms with E-state index in [0.29, 0.717) is 22.2 Å². The number of hydrogen-bond donors (Lipinski definition) is 2. The fourth-order valence-corrected chi connectivity index (χ4v) is 4.01. The molecule has 7 nitrogen and oxygen atoms in total. The number of benzene rings is 1. The average molecular weight is 401 g/mol. The van der Waals surface area contributed by atoms with E-state index >= 15 is 0 Å². The van der Waals surface area contributed by atoms with Gasteiger partial charge in [0.15, 0.2) is 5.13 Å². The Morgan fingerprint density at radius 2 is 2.18 bits per heavy atom. The molecular formula is C20H24N4O3S. The summed E-state index contributed by atoms with van der Waals surface area (Å²) in [6.07, 6.45) is 1.50. The molecule has 0 saturated heterocycles. The van der Waals surface area contributed by atoms with Crippen LogP contribution in [0.3, 0.4) is 0 Å². The maximum atomic E-state index is 12.6. The molecule has 0 saturated carbocycles. The molecule has 2 N–H and O–H groups in total. The van der Waals surface area contributed by atoms with Crippen molar-refractivity contribution < 1.29 is 14.3 Å². The minimum Gasteiger partial charge on any atom is -0.457 e. The number of amides is 1. The van der Waals surface area contributed by atoms with Crippen LogP contribution in [-0.2, 0) is 9.53 Å². The summed E-state index contributed by atoms with van der Waals surface area (Å²) in [7, 11) is 0. The summed E-state index contributed by atoms with van der Waals surface area (Å²) in [5.41, 5.74) is 2.36. The summed E-state index contributed by atoms with van der Waals surface area (Å²) < 4.78 is 5.05. The summed E-state index contributed by atoms with van der Waals surface area (Å²) in [5.74, 6) is -0.652. The Morgan fingerprint density at radius 1 is 1.43 bits per heavy atom. The van der Waals surface area contributed by atoms with Crippen molar-refractivity contribution in [2.24, 2.45) is 0 Å². The number of carbonyl (C=O) groups is 2. The fourth-order valence-electron chi connectivity index (χ4n) is 3.13. The fraction of sp³-hybridized carbons (Fsp3) is 0.350. The van der Waals surface area contributed by atoms with E-state index in [1.165, 1.54) is 6.08 Å². The van der Waals surface area contributed by atoms with E-state index in [-0.39, 0.29) is 24.6 Å². The lowest BCUT2D eigenvalue weighted by atomic mass is 9.99. The summed E-state index contributed by atoms with van der Waals surface area (Å²) >= 11 is 1.11. The SMILES string of the molecule is C=CCOC(=O)c1sc(NC(=O)CN2CC(C)(C)Nc3ccccc32)nc1C. The first kappa shape index (κ1) is 19.9. The van der Waals surface area contributed by atoms with Crippen molar-refractivity contribution in [3.63, 3.8) is 0 Å². The molecule has 2 heterocycles. The zero-order chi connectivity index (χ0) is 20.3. The zero-order valence-electron chi connectivity index (χ0n) is 16.2. The summed E-state index contributed by atoms with van der Waals surface area (Å²) in [6, 6.07) is 7.92. The molecule has 1 amide bonds. The lowest BCUT2D eigenvalue weighted by Gasteiger charge is -2.41. The number of fused-ring (bicyclic) bond motifs is 1. The molecule has 0 fully saturated rings. The van der Waals surface area contributed by atoms with Crippen LogP contribution >= 0.6 is 11.3 Å². The maximum absolute atomic E-state index is 12.6. The van der Waals surface area contributed by atoms with Gasteiger partial charge >= 0.3 is 5.97 Å². The van der Waals surface area contributed by atoms with Crippen molar-refractivity contribution in [1.82, 2.24) is 4.98 Å². The van der Waals surface area contributed by atoms with E-state index in [4.69, 9.17) is 4.74 Å². The number of thiazole rings is 1. The first-order valence-corrected chi connectivity index (χ1v) is 9.78. The molecular weight excluding hydrogens is 376 g/mol. The van der Waals surface area contributed by atoms with Gasteiger partial charge in [0, 0.05) is 12.1 Å². The highest BCUT2D eigenvalue weighted by Gasteiger charge is 2.30. The van der Waals surface area contributed by atoms with Crippen molar-refractivity contribution >= 4 is 39.7 Å². The van der Waals surface area contributed by atoms with Gasteiger partial charge in [-0.1, -0.05) is 36.1 Å². The van der Waals surface area contributed by atoms with E-state index in [9.17, 15) is 9.59 Å². The molecule has 28 heavy (non-hydrogen) atoms. The number of aromatic nitrogens is 1. The maximum Gasteiger partial charge on any atom is 0.350 e. The Hall–Kier alpha value is -2.87. The van der Waals surface area contributed by atoms with Gasteiger partial charge in [-0.15, -0.1) is 0 Å². The minimum atomic E-state index is -0.465. The number of carbonyl (C=O) groups excluding carboxylic acids is 2. The van der Waals surface area contributed by atoms with Crippen LogP contribution in [0.15, 0.2) is 36.9 Å². The second-order valence-corrected chi connectivity index (χ2v) is 8.25. The second-order valence-electron chi connectivity index (χ2n) is 7.25. The molecule has 0 bridgehead atoms. The number of aryl methyl sites for hydroxylation is 1. The number of hydrogen-bond acceptors (Lipinski definition) is 7. The Balaban J connectivity index is 1.69. The first-order chi connectivity index (χ1) is 13.3. The van der Waals surface area contributed by atoms with Gasteiger partial charge in [0.25, 0.3) is 0 Å². The summed E-state index contributed by atoms with van der Waals surface area (Å²) in [4.78, 5) is 31.3. The van der Waals surface area contributed by atoms with Crippen molar-refractivity contribution in [3.05, 3.63) is 47.5 Å². The van der Waals surface area contributed by atoms with E-state index in [0.717, 1.165) is 22.7 Å². The molecule has 1 aliphatic heterocycles. The van der Waals surface area contributed by atoms with Crippen molar-refractivity contribution in [2.45, 2.75) is 26.3 Å². The molecule has 0 radical (unpaired) electrons. The number of para-hydroxylation sites is 2. The Labute approximate surface area is 168 Å². The molecule has 1 aromatic heterocycles. The molecule has 148 valence electrons. The van der Waals surface area contributed by atoms with Crippen LogP contribution < -0.4 is 15.5 Å². The highest BCUT2D eigenvalue weighted by atomic mass is 32.1. The molecule has 1 aliphatic rings. The Bertz CT molecular complexity index is 907. The van der Waals surface area contributed by atoms with Gasteiger partial charge in [-0.05, 0) is 32.9 Å². The first-order valence-electron chi connectivity index (χ1n) is 8.96. The number of rotatable bonds is 6. The van der Waals surface area contributed by atoms with Crippen LogP contribution in [0.1, 0.15) is 29.2 Å². The molecule has 1 aromatic carbocycles. The largest absolute Gasteiger partial charge is 0.457 e. The topological polar surface area (TPSA) is 83.6 Å². The monoisotopic (exact) mass is 400 g/mol. The predicted molar refractivity (Wildman–Crippen MR) is 112 cm³/mol. The van der Waals surface area contributed by atoms with Crippen LogP contribution in [-0.4, -0.2) is 42.1 Å². The van der Waals surface area contributed by atoms with Crippen LogP contribution in [0.2, 0.25) is 0 Å². The molecule has 3 rings (SSSR count). The Kier molecular flexibility index (Phi) is 5.69. The van der Waals surface area contributed by atoms with E-state index in [2.05, 4.69) is 36.0 Å². The third-order valence-corrected chi connectivity index (χ3v) is 5.25. The highest BCUT2D eigenvalue weighted by molar-refractivity contribution is 7.17. The van der Waals surface area contributed by atoms with Crippen molar-refractivity contribution in [2.75, 3.05) is 35.2 Å². The van der Waals surface area contributed by atoms with Gasteiger partial charge in [0.05, 0.1) is 23.6 Å². The average Bonchev–Trinajstić information content (AvgIpc) is 2.98. The molecule has 0 unspecified atom stereocenters. The molecule has 0 atom stereocenters. The van der Waals surface area contributed by atoms with Crippen LogP contribution in [0.25, 0.3) is 0 Å². The van der Waals surface area contributed by atoms with Crippen molar-refractivity contribution in [3.8, 4) is 0 Å². The second kappa shape index (κ2) is 8.02. The third kappa shape index (κ3) is 4.51. The molecule has 0 spiro atoms. The summed E-state index contributed by atoms with van der Waals surface area (Å²) in [5, 5.41) is 6.67. The minimum absolute atomic E-state index is 0.135. The molecule has 2 aromatic rings. The van der Waals surface area contributed by atoms with Gasteiger partial charge in [0.1, 0.15) is 11.5 Å². The van der Waals surface area contributed by atoms with E-state index in [1.807, 2.05) is 29.2 Å². The van der Waals surface area contributed by atoms with Crippen LogP contribution in [0.5, 0.6) is 0 Å². The number of nitrogens with one attached hydrogen (secondary N) is 2. The third-order valence-electron chi connectivity index (χ3n) is 4.20.